The predicted molar refractivity (Wildman–Crippen MR) is 39.2 cm³/mol. The molecule has 0 aromatic rings. The van der Waals surface area contributed by atoms with Crippen LogP contribution in [-0.4, -0.2) is 6.29 Å². The second kappa shape index (κ2) is 6.89. The van der Waals surface area contributed by atoms with Crippen LogP contribution < -0.4 is 0 Å². The van der Waals surface area contributed by atoms with Gasteiger partial charge in [-0.15, -0.1) is 0 Å². The van der Waals surface area contributed by atoms with Crippen molar-refractivity contribution in [3.05, 3.63) is 37.0 Å². The Balaban J connectivity index is 3.27. The van der Waals surface area contributed by atoms with Gasteiger partial charge in [0.25, 0.3) is 0 Å². The molecule has 1 heteroatoms. The van der Waals surface area contributed by atoms with Gasteiger partial charge in [-0.1, -0.05) is 30.9 Å². The van der Waals surface area contributed by atoms with Gasteiger partial charge in [0.2, 0.25) is 0 Å². The second-order valence-electron chi connectivity index (χ2n) is 1.46. The van der Waals surface area contributed by atoms with Crippen molar-refractivity contribution in [2.45, 2.75) is 6.42 Å². The number of carbonyl (C=O) groups excluding carboxylic acids is 1. The van der Waals surface area contributed by atoms with E-state index in [1.807, 2.05) is 12.2 Å². The van der Waals surface area contributed by atoms with Crippen molar-refractivity contribution in [2.24, 2.45) is 0 Å². The summed E-state index contributed by atoms with van der Waals surface area (Å²) in [4.78, 5) is 9.71. The molecule has 0 heterocycles. The SMILES string of the molecule is C=CC=CCC=CC=O. The normalized spacial score (nSPS) is 10.7. The van der Waals surface area contributed by atoms with Gasteiger partial charge in [-0.05, 0) is 12.5 Å². The maximum absolute atomic E-state index is 9.71. The zero-order chi connectivity index (χ0) is 6.95. The molecule has 0 aromatic carbocycles. The summed E-state index contributed by atoms with van der Waals surface area (Å²) in [7, 11) is 0. The van der Waals surface area contributed by atoms with Crippen LogP contribution >= 0.6 is 0 Å². The molecule has 0 atom stereocenters. The van der Waals surface area contributed by atoms with Crippen LogP contribution in [0.15, 0.2) is 37.0 Å². The molecule has 9 heavy (non-hydrogen) atoms. The summed E-state index contributed by atoms with van der Waals surface area (Å²) in [6.07, 6.45) is 10.3. The van der Waals surface area contributed by atoms with E-state index in [4.69, 9.17) is 0 Å². The van der Waals surface area contributed by atoms with E-state index in [1.54, 1.807) is 12.2 Å². The monoisotopic (exact) mass is 122 g/mol. The Morgan fingerprint density at radius 1 is 1.22 bits per heavy atom. The highest BCUT2D eigenvalue weighted by molar-refractivity contribution is 5.64. The van der Waals surface area contributed by atoms with Crippen LogP contribution in [0.25, 0.3) is 0 Å². The van der Waals surface area contributed by atoms with Crippen molar-refractivity contribution in [1.82, 2.24) is 0 Å². The highest BCUT2D eigenvalue weighted by atomic mass is 16.1. The van der Waals surface area contributed by atoms with Crippen molar-refractivity contribution < 1.29 is 4.79 Å². The molecule has 0 aliphatic rings. The first-order valence-corrected chi connectivity index (χ1v) is 2.79. The van der Waals surface area contributed by atoms with Gasteiger partial charge in [-0.2, -0.15) is 0 Å². The quantitative estimate of drug-likeness (QED) is 0.316. The third-order valence-corrected chi connectivity index (χ3v) is 0.759. The lowest BCUT2D eigenvalue weighted by Crippen LogP contribution is -1.59. The number of hydrogen-bond donors (Lipinski definition) is 0. The van der Waals surface area contributed by atoms with E-state index in [9.17, 15) is 4.79 Å². The fourth-order valence-corrected chi connectivity index (χ4v) is 0.387. The first kappa shape index (κ1) is 7.89. The van der Waals surface area contributed by atoms with Gasteiger partial charge < -0.3 is 0 Å². The maximum Gasteiger partial charge on any atom is 0.142 e. The molecule has 0 spiro atoms. The van der Waals surface area contributed by atoms with Crippen LogP contribution in [0, 0.1) is 0 Å². The third-order valence-electron chi connectivity index (χ3n) is 0.759. The molecule has 0 amide bonds. The number of allylic oxidation sites excluding steroid dienone is 5. The molecule has 0 aliphatic carbocycles. The molecular formula is C8H10O. The Bertz CT molecular complexity index is 116. The minimum Gasteiger partial charge on any atom is -0.299 e. The minimum absolute atomic E-state index is 0.766. The van der Waals surface area contributed by atoms with Gasteiger partial charge in [0, 0.05) is 0 Å². The Labute approximate surface area is 55.4 Å². The third kappa shape index (κ3) is 6.89. The number of aldehydes is 1. The Morgan fingerprint density at radius 3 is 2.44 bits per heavy atom. The van der Waals surface area contributed by atoms with Crippen molar-refractivity contribution in [2.75, 3.05) is 0 Å². The smallest absolute Gasteiger partial charge is 0.142 e. The maximum atomic E-state index is 9.71. The number of hydrogen-bond acceptors (Lipinski definition) is 1. The lowest BCUT2D eigenvalue weighted by Gasteiger charge is -1.74. The first-order valence-electron chi connectivity index (χ1n) is 2.79. The molecule has 0 saturated heterocycles. The van der Waals surface area contributed by atoms with Gasteiger partial charge in [0.1, 0.15) is 6.29 Å². The Hall–Kier alpha value is -1.11. The molecule has 0 fully saturated rings. The molecule has 0 aromatic heterocycles. The highest BCUT2D eigenvalue weighted by Gasteiger charge is 1.66. The van der Waals surface area contributed by atoms with E-state index in [2.05, 4.69) is 6.58 Å². The van der Waals surface area contributed by atoms with E-state index in [0.29, 0.717) is 0 Å². The second-order valence-corrected chi connectivity index (χ2v) is 1.46. The summed E-state index contributed by atoms with van der Waals surface area (Å²) in [5.74, 6) is 0. The molecule has 0 saturated carbocycles. The summed E-state index contributed by atoms with van der Waals surface area (Å²) >= 11 is 0. The van der Waals surface area contributed by atoms with Crippen LogP contribution in [0.2, 0.25) is 0 Å². The van der Waals surface area contributed by atoms with E-state index < -0.39 is 0 Å². The topological polar surface area (TPSA) is 17.1 Å². The molecule has 0 bridgehead atoms. The lowest BCUT2D eigenvalue weighted by molar-refractivity contribution is -0.104. The van der Waals surface area contributed by atoms with Crippen molar-refractivity contribution in [1.29, 1.82) is 0 Å². The summed E-state index contributed by atoms with van der Waals surface area (Å²) in [5, 5.41) is 0. The average molecular weight is 122 g/mol. The zero-order valence-corrected chi connectivity index (χ0v) is 5.29. The molecule has 1 nitrogen and oxygen atoms in total. The van der Waals surface area contributed by atoms with Crippen LogP contribution in [0.4, 0.5) is 0 Å². The van der Waals surface area contributed by atoms with Crippen LogP contribution in [0.5, 0.6) is 0 Å². The van der Waals surface area contributed by atoms with Gasteiger partial charge in [0.15, 0.2) is 0 Å². The largest absolute Gasteiger partial charge is 0.299 e. The molecule has 0 radical (unpaired) electrons. The Morgan fingerprint density at radius 2 is 1.89 bits per heavy atom. The number of rotatable bonds is 4. The summed E-state index contributed by atoms with van der Waals surface area (Å²) in [5.41, 5.74) is 0. The minimum atomic E-state index is 0.766. The van der Waals surface area contributed by atoms with E-state index in [-0.39, 0.29) is 0 Å². The van der Waals surface area contributed by atoms with Gasteiger partial charge in [-0.3, -0.25) is 4.79 Å². The molecule has 48 valence electrons. The fraction of sp³-hybridized carbons (Fsp3) is 0.125. The molecule has 0 N–H and O–H groups in total. The molecule has 0 rings (SSSR count). The first-order chi connectivity index (χ1) is 4.41. The van der Waals surface area contributed by atoms with Gasteiger partial charge in [0.05, 0.1) is 0 Å². The standard InChI is InChI=1S/C8H10O/c1-2-3-4-5-6-7-8-9/h2-4,6-8H,1,5H2. The zero-order valence-electron chi connectivity index (χ0n) is 5.29. The molecular weight excluding hydrogens is 112 g/mol. The predicted octanol–water partition coefficient (Wildman–Crippen LogP) is 1.87. The summed E-state index contributed by atoms with van der Waals surface area (Å²) < 4.78 is 0. The van der Waals surface area contributed by atoms with E-state index in [1.165, 1.54) is 6.08 Å². The van der Waals surface area contributed by atoms with E-state index in [0.717, 1.165) is 12.7 Å². The molecule has 0 aliphatic heterocycles. The lowest BCUT2D eigenvalue weighted by atomic mass is 10.3. The van der Waals surface area contributed by atoms with Crippen molar-refractivity contribution in [3.8, 4) is 0 Å². The number of carbonyl (C=O) groups is 1. The fourth-order valence-electron chi connectivity index (χ4n) is 0.387. The van der Waals surface area contributed by atoms with Crippen LogP contribution in [0.3, 0.4) is 0 Å². The Kier molecular flexibility index (Phi) is 6.04. The summed E-state index contributed by atoms with van der Waals surface area (Å²) in [6.45, 7) is 3.50. The molecule has 0 unspecified atom stereocenters. The average Bonchev–Trinajstić information content (AvgIpc) is 1.89. The van der Waals surface area contributed by atoms with Crippen molar-refractivity contribution >= 4 is 6.29 Å². The van der Waals surface area contributed by atoms with E-state index >= 15 is 0 Å². The van der Waals surface area contributed by atoms with Gasteiger partial charge in [-0.25, -0.2) is 0 Å². The summed E-state index contributed by atoms with van der Waals surface area (Å²) in [6, 6.07) is 0. The van der Waals surface area contributed by atoms with Crippen LogP contribution in [-0.2, 0) is 4.79 Å². The highest BCUT2D eigenvalue weighted by Crippen LogP contribution is 1.83. The van der Waals surface area contributed by atoms with Crippen LogP contribution in [0.1, 0.15) is 6.42 Å². The van der Waals surface area contributed by atoms with Gasteiger partial charge >= 0.3 is 0 Å². The van der Waals surface area contributed by atoms with Crippen molar-refractivity contribution in [3.63, 3.8) is 0 Å².